The molecule has 2 rings (SSSR count). The van der Waals surface area contributed by atoms with Gasteiger partial charge in [0.15, 0.2) is 11.5 Å². The minimum atomic E-state index is -0.0920. The maximum atomic E-state index is 5.90. The molecule has 2 aromatic rings. The standard InChI is InChI=1S/C20H26N4O2/c1-20(2,3)16-8-5-14(6-9-16)13-26-17-10-7-15(11-18(17)25-4)12-23-24-19(21)22/h5-12H,13H2,1-4H3,(H4,21,22,24)/b23-12+. The highest BCUT2D eigenvalue weighted by molar-refractivity contribution is 5.82. The van der Waals surface area contributed by atoms with Crippen molar-refractivity contribution in [3.63, 3.8) is 0 Å². The van der Waals surface area contributed by atoms with Crippen LogP contribution in [0, 0.1) is 0 Å². The topological polar surface area (TPSA) is 95.2 Å². The molecule has 6 nitrogen and oxygen atoms in total. The van der Waals surface area contributed by atoms with Crippen molar-refractivity contribution in [1.82, 2.24) is 0 Å². The largest absolute Gasteiger partial charge is 0.493 e. The molecular formula is C20H26N4O2. The third-order valence-corrected chi connectivity index (χ3v) is 3.78. The van der Waals surface area contributed by atoms with Gasteiger partial charge in [0, 0.05) is 0 Å². The molecule has 138 valence electrons. The van der Waals surface area contributed by atoms with E-state index in [1.54, 1.807) is 7.11 Å². The zero-order chi connectivity index (χ0) is 19.2. The fourth-order valence-corrected chi connectivity index (χ4v) is 2.31. The molecule has 0 saturated carbocycles. The number of rotatable bonds is 6. The van der Waals surface area contributed by atoms with E-state index in [1.165, 1.54) is 11.8 Å². The first-order valence-corrected chi connectivity index (χ1v) is 8.32. The number of nitrogens with two attached hydrogens (primary N) is 2. The Kier molecular flexibility index (Phi) is 6.22. The van der Waals surface area contributed by atoms with E-state index in [0.29, 0.717) is 18.1 Å². The summed E-state index contributed by atoms with van der Waals surface area (Å²) < 4.78 is 11.3. The summed E-state index contributed by atoms with van der Waals surface area (Å²) in [7, 11) is 1.59. The molecule has 26 heavy (non-hydrogen) atoms. The summed E-state index contributed by atoms with van der Waals surface area (Å²) in [5.74, 6) is 1.18. The Bertz CT molecular complexity index is 786. The molecule has 0 spiro atoms. The van der Waals surface area contributed by atoms with E-state index in [-0.39, 0.29) is 11.4 Å². The van der Waals surface area contributed by atoms with Crippen LogP contribution in [0.1, 0.15) is 37.5 Å². The van der Waals surface area contributed by atoms with Gasteiger partial charge in [0.25, 0.3) is 0 Å². The number of benzene rings is 2. The van der Waals surface area contributed by atoms with Crippen molar-refractivity contribution in [2.45, 2.75) is 32.8 Å². The van der Waals surface area contributed by atoms with Crippen LogP contribution in [0.4, 0.5) is 0 Å². The number of methoxy groups -OCH3 is 1. The van der Waals surface area contributed by atoms with Crippen LogP contribution >= 0.6 is 0 Å². The van der Waals surface area contributed by atoms with Gasteiger partial charge < -0.3 is 20.9 Å². The van der Waals surface area contributed by atoms with Crippen molar-refractivity contribution < 1.29 is 9.47 Å². The molecule has 0 saturated heterocycles. The van der Waals surface area contributed by atoms with Gasteiger partial charge in [-0.05, 0) is 40.3 Å². The Balaban J connectivity index is 2.07. The van der Waals surface area contributed by atoms with Crippen molar-refractivity contribution in [1.29, 1.82) is 0 Å². The zero-order valence-electron chi connectivity index (χ0n) is 15.7. The van der Waals surface area contributed by atoms with Crippen molar-refractivity contribution in [3.05, 3.63) is 59.2 Å². The monoisotopic (exact) mass is 354 g/mol. The first kappa shape index (κ1) is 19.3. The molecule has 0 amide bonds. The second-order valence-corrected chi connectivity index (χ2v) is 6.92. The first-order chi connectivity index (χ1) is 12.3. The van der Waals surface area contributed by atoms with Gasteiger partial charge in [0.1, 0.15) is 6.61 Å². The summed E-state index contributed by atoms with van der Waals surface area (Å²) >= 11 is 0. The second-order valence-electron chi connectivity index (χ2n) is 6.92. The normalized spacial score (nSPS) is 11.4. The van der Waals surface area contributed by atoms with Crippen LogP contribution in [0.25, 0.3) is 0 Å². The lowest BCUT2D eigenvalue weighted by atomic mass is 9.87. The molecule has 0 aliphatic heterocycles. The van der Waals surface area contributed by atoms with Crippen molar-refractivity contribution in [2.75, 3.05) is 7.11 Å². The van der Waals surface area contributed by atoms with Crippen molar-refractivity contribution in [2.24, 2.45) is 21.7 Å². The molecule has 0 aliphatic rings. The Labute approximate surface area is 154 Å². The molecule has 0 unspecified atom stereocenters. The third kappa shape index (κ3) is 5.51. The molecule has 0 fully saturated rings. The average molecular weight is 354 g/mol. The summed E-state index contributed by atoms with van der Waals surface area (Å²) in [4.78, 5) is 0. The predicted molar refractivity (Wildman–Crippen MR) is 106 cm³/mol. The van der Waals surface area contributed by atoms with Gasteiger partial charge in [-0.2, -0.15) is 5.10 Å². The van der Waals surface area contributed by atoms with E-state index in [4.69, 9.17) is 20.9 Å². The lowest BCUT2D eigenvalue weighted by Gasteiger charge is -2.19. The predicted octanol–water partition coefficient (Wildman–Crippen LogP) is 3.18. The summed E-state index contributed by atoms with van der Waals surface area (Å²) in [6, 6.07) is 13.9. The molecule has 2 aromatic carbocycles. The van der Waals surface area contributed by atoms with Gasteiger partial charge >= 0.3 is 0 Å². The summed E-state index contributed by atoms with van der Waals surface area (Å²) in [5.41, 5.74) is 13.8. The van der Waals surface area contributed by atoms with Gasteiger partial charge in [0.2, 0.25) is 5.96 Å². The maximum absolute atomic E-state index is 5.90. The Hall–Kier alpha value is -3.02. The highest BCUT2D eigenvalue weighted by atomic mass is 16.5. The molecule has 0 atom stereocenters. The smallest absolute Gasteiger partial charge is 0.211 e. The van der Waals surface area contributed by atoms with Crippen LogP contribution in [0.15, 0.2) is 52.7 Å². The minimum absolute atomic E-state index is 0.0920. The van der Waals surface area contributed by atoms with E-state index in [9.17, 15) is 0 Å². The molecule has 4 N–H and O–H groups in total. The van der Waals surface area contributed by atoms with Crippen LogP contribution in [0.2, 0.25) is 0 Å². The van der Waals surface area contributed by atoms with Gasteiger partial charge in [-0.1, -0.05) is 45.0 Å². The minimum Gasteiger partial charge on any atom is -0.493 e. The van der Waals surface area contributed by atoms with Crippen LogP contribution < -0.4 is 20.9 Å². The quantitative estimate of drug-likeness (QED) is 0.473. The van der Waals surface area contributed by atoms with E-state index in [0.717, 1.165) is 11.1 Å². The van der Waals surface area contributed by atoms with E-state index in [2.05, 4.69) is 55.2 Å². The summed E-state index contributed by atoms with van der Waals surface area (Å²) in [6.45, 7) is 7.05. The van der Waals surface area contributed by atoms with Gasteiger partial charge in [-0.25, -0.2) is 0 Å². The number of hydrogen-bond donors (Lipinski definition) is 2. The van der Waals surface area contributed by atoms with Crippen LogP contribution in [0.5, 0.6) is 11.5 Å². The third-order valence-electron chi connectivity index (χ3n) is 3.78. The molecule has 0 heterocycles. The fraction of sp³-hybridized carbons (Fsp3) is 0.300. The Morgan fingerprint density at radius 2 is 1.73 bits per heavy atom. The first-order valence-electron chi connectivity index (χ1n) is 8.32. The average Bonchev–Trinajstić information content (AvgIpc) is 2.59. The number of nitrogens with zero attached hydrogens (tertiary/aromatic N) is 2. The lowest BCUT2D eigenvalue weighted by Crippen LogP contribution is -2.21. The highest BCUT2D eigenvalue weighted by Gasteiger charge is 2.13. The van der Waals surface area contributed by atoms with E-state index < -0.39 is 0 Å². The van der Waals surface area contributed by atoms with Crippen molar-refractivity contribution >= 4 is 12.2 Å². The lowest BCUT2D eigenvalue weighted by molar-refractivity contribution is 0.284. The van der Waals surface area contributed by atoms with Gasteiger partial charge in [-0.3, -0.25) is 0 Å². The van der Waals surface area contributed by atoms with Crippen molar-refractivity contribution in [3.8, 4) is 11.5 Å². The van der Waals surface area contributed by atoms with Crippen LogP contribution in [-0.4, -0.2) is 19.3 Å². The fourth-order valence-electron chi connectivity index (χ4n) is 2.31. The summed E-state index contributed by atoms with van der Waals surface area (Å²) in [5, 5.41) is 7.35. The summed E-state index contributed by atoms with van der Waals surface area (Å²) in [6.07, 6.45) is 1.54. The van der Waals surface area contributed by atoms with Gasteiger partial charge in [-0.15, -0.1) is 5.10 Å². The molecule has 0 aliphatic carbocycles. The highest BCUT2D eigenvalue weighted by Crippen LogP contribution is 2.29. The molecule has 0 aromatic heterocycles. The zero-order valence-corrected chi connectivity index (χ0v) is 15.7. The molecular weight excluding hydrogens is 328 g/mol. The number of ether oxygens (including phenoxy) is 2. The van der Waals surface area contributed by atoms with E-state index >= 15 is 0 Å². The Morgan fingerprint density at radius 1 is 1.04 bits per heavy atom. The second kappa shape index (κ2) is 8.38. The number of hydrogen-bond acceptors (Lipinski definition) is 4. The molecule has 0 radical (unpaired) electrons. The van der Waals surface area contributed by atoms with Gasteiger partial charge in [0.05, 0.1) is 13.3 Å². The molecule has 6 heteroatoms. The van der Waals surface area contributed by atoms with E-state index in [1.807, 2.05) is 18.2 Å². The van der Waals surface area contributed by atoms with Crippen LogP contribution in [-0.2, 0) is 12.0 Å². The molecule has 0 bridgehead atoms. The van der Waals surface area contributed by atoms with Crippen LogP contribution in [0.3, 0.4) is 0 Å². The SMILES string of the molecule is COc1cc(/C=N/N=C(N)N)ccc1OCc1ccc(C(C)(C)C)cc1. The maximum Gasteiger partial charge on any atom is 0.211 e. The number of guanidine groups is 1. The Morgan fingerprint density at radius 3 is 2.31 bits per heavy atom.